The maximum atomic E-state index is 11.5. The molecule has 8 nitrogen and oxygen atoms in total. The molecular formula is C12H10BrN3O5. The first-order valence-electron chi connectivity index (χ1n) is 5.67. The van der Waals surface area contributed by atoms with Crippen molar-refractivity contribution in [3.05, 3.63) is 56.4 Å². The van der Waals surface area contributed by atoms with Gasteiger partial charge in [0, 0.05) is 6.07 Å². The summed E-state index contributed by atoms with van der Waals surface area (Å²) >= 11 is 3.23. The number of amides is 1. The number of hydrogen-bond acceptors (Lipinski definition) is 6. The summed E-state index contributed by atoms with van der Waals surface area (Å²) in [4.78, 5) is 21.7. The number of non-ortho nitro benzene ring substituents is 1. The van der Waals surface area contributed by atoms with Gasteiger partial charge >= 0.3 is 0 Å². The number of hydrazine groups is 1. The minimum atomic E-state index is -0.528. The third kappa shape index (κ3) is 3.38. The number of nitrogen functional groups attached to an aromatic ring is 1. The molecule has 0 fully saturated rings. The van der Waals surface area contributed by atoms with Crippen molar-refractivity contribution in [1.29, 1.82) is 0 Å². The van der Waals surface area contributed by atoms with Crippen molar-refractivity contribution in [3.63, 3.8) is 0 Å². The Labute approximate surface area is 127 Å². The molecule has 9 heteroatoms. The molecule has 3 N–H and O–H groups in total. The average Bonchev–Trinajstić information content (AvgIpc) is 2.93. The first kappa shape index (κ1) is 15.0. The molecule has 0 aliphatic heterocycles. The number of nitrogens with two attached hydrogens (primary N) is 1. The Morgan fingerprint density at radius 3 is 2.90 bits per heavy atom. The van der Waals surface area contributed by atoms with Crippen LogP contribution >= 0.6 is 15.9 Å². The normalized spacial score (nSPS) is 10.2. The molecule has 0 radical (unpaired) electrons. The molecule has 1 aromatic carbocycles. The number of hydrogen-bond donors (Lipinski definition) is 2. The number of nitro benzene ring substituents is 1. The number of nitro groups is 1. The predicted molar refractivity (Wildman–Crippen MR) is 75.5 cm³/mol. The zero-order valence-electron chi connectivity index (χ0n) is 10.5. The van der Waals surface area contributed by atoms with Gasteiger partial charge in [0.25, 0.3) is 11.6 Å². The Bertz CT molecular complexity index is 685. The highest BCUT2D eigenvalue weighted by Crippen LogP contribution is 2.30. The minimum Gasteiger partial charge on any atom is -0.484 e. The number of nitrogens with one attached hydrogen (secondary N) is 1. The summed E-state index contributed by atoms with van der Waals surface area (Å²) in [7, 11) is 0. The van der Waals surface area contributed by atoms with E-state index in [4.69, 9.17) is 15.0 Å². The van der Waals surface area contributed by atoms with Gasteiger partial charge in [0.05, 0.1) is 27.3 Å². The Morgan fingerprint density at radius 2 is 2.24 bits per heavy atom. The quantitative estimate of drug-likeness (QED) is 0.366. The monoisotopic (exact) mass is 355 g/mol. The van der Waals surface area contributed by atoms with Crippen LogP contribution in [0.15, 0.2) is 39.4 Å². The summed E-state index contributed by atoms with van der Waals surface area (Å²) in [6.07, 6.45) is 1.33. The highest BCUT2D eigenvalue weighted by molar-refractivity contribution is 9.10. The van der Waals surface area contributed by atoms with E-state index in [-0.39, 0.29) is 29.4 Å². The second-order valence-electron chi connectivity index (χ2n) is 3.89. The van der Waals surface area contributed by atoms with Gasteiger partial charge in [-0.05, 0) is 28.1 Å². The van der Waals surface area contributed by atoms with Crippen molar-refractivity contribution in [3.8, 4) is 5.75 Å². The lowest BCUT2D eigenvalue weighted by atomic mass is 10.2. The summed E-state index contributed by atoms with van der Waals surface area (Å²) < 4.78 is 11.1. The van der Waals surface area contributed by atoms with E-state index in [1.54, 1.807) is 0 Å². The zero-order chi connectivity index (χ0) is 15.4. The van der Waals surface area contributed by atoms with Crippen LogP contribution in [0, 0.1) is 10.1 Å². The summed E-state index contributed by atoms with van der Waals surface area (Å²) in [6.45, 7) is -0.0739. The Morgan fingerprint density at radius 1 is 1.48 bits per heavy atom. The maximum absolute atomic E-state index is 11.5. The smallest absolute Gasteiger partial charge is 0.273 e. The summed E-state index contributed by atoms with van der Waals surface area (Å²) in [5, 5.41) is 10.7. The van der Waals surface area contributed by atoms with Gasteiger partial charge in [-0.2, -0.15) is 0 Å². The molecule has 0 spiro atoms. The molecule has 1 heterocycles. The first-order chi connectivity index (χ1) is 10.0. The van der Waals surface area contributed by atoms with Crippen LogP contribution in [0.3, 0.4) is 0 Å². The Hall–Kier alpha value is -2.39. The SMILES string of the molecule is NNC(=O)c1ccoc1COc1cc([N+](=O)[O-])ccc1Br. The number of carbonyl (C=O) groups excluding carboxylic acids is 1. The zero-order valence-corrected chi connectivity index (χ0v) is 12.1. The van der Waals surface area contributed by atoms with E-state index in [9.17, 15) is 14.9 Å². The van der Waals surface area contributed by atoms with Crippen LogP contribution in [-0.2, 0) is 6.61 Å². The van der Waals surface area contributed by atoms with Crippen LogP contribution in [0.1, 0.15) is 16.1 Å². The Kier molecular flexibility index (Phi) is 4.55. The molecule has 1 aromatic heterocycles. The predicted octanol–water partition coefficient (Wildman–Crippen LogP) is 2.13. The molecule has 21 heavy (non-hydrogen) atoms. The van der Waals surface area contributed by atoms with Gasteiger partial charge in [0.2, 0.25) is 0 Å². The first-order valence-corrected chi connectivity index (χ1v) is 6.46. The van der Waals surface area contributed by atoms with E-state index in [0.717, 1.165) is 0 Å². The number of carbonyl (C=O) groups is 1. The van der Waals surface area contributed by atoms with Gasteiger partial charge in [0.1, 0.15) is 12.4 Å². The lowest BCUT2D eigenvalue weighted by molar-refractivity contribution is -0.385. The fourth-order valence-corrected chi connectivity index (χ4v) is 1.95. The second-order valence-corrected chi connectivity index (χ2v) is 4.75. The van der Waals surface area contributed by atoms with E-state index < -0.39 is 10.8 Å². The molecular weight excluding hydrogens is 346 g/mol. The highest BCUT2D eigenvalue weighted by Gasteiger charge is 2.16. The number of rotatable bonds is 5. The summed E-state index contributed by atoms with van der Waals surface area (Å²) in [6, 6.07) is 5.57. The number of benzene rings is 1. The molecule has 0 unspecified atom stereocenters. The number of furan rings is 1. The van der Waals surface area contributed by atoms with Crippen molar-refractivity contribution >= 4 is 27.5 Å². The van der Waals surface area contributed by atoms with E-state index in [0.29, 0.717) is 4.47 Å². The van der Waals surface area contributed by atoms with Gasteiger partial charge in [-0.25, -0.2) is 5.84 Å². The molecule has 1 amide bonds. The van der Waals surface area contributed by atoms with Gasteiger partial charge in [-0.1, -0.05) is 0 Å². The average molecular weight is 356 g/mol. The van der Waals surface area contributed by atoms with Gasteiger partial charge in [-0.15, -0.1) is 0 Å². The van der Waals surface area contributed by atoms with Crippen molar-refractivity contribution in [2.75, 3.05) is 0 Å². The van der Waals surface area contributed by atoms with E-state index in [1.165, 1.54) is 30.5 Å². The lowest BCUT2D eigenvalue weighted by Gasteiger charge is -2.07. The molecule has 0 saturated heterocycles. The molecule has 110 valence electrons. The third-order valence-electron chi connectivity index (χ3n) is 2.61. The van der Waals surface area contributed by atoms with E-state index in [1.807, 2.05) is 5.43 Å². The van der Waals surface area contributed by atoms with Crippen LogP contribution in [0.5, 0.6) is 5.75 Å². The van der Waals surface area contributed by atoms with Crippen molar-refractivity contribution in [2.24, 2.45) is 5.84 Å². The van der Waals surface area contributed by atoms with Crippen LogP contribution in [0.2, 0.25) is 0 Å². The maximum Gasteiger partial charge on any atom is 0.273 e. The minimum absolute atomic E-state index is 0.0739. The van der Waals surface area contributed by atoms with Crippen molar-refractivity contribution in [1.82, 2.24) is 5.43 Å². The van der Waals surface area contributed by atoms with Crippen molar-refractivity contribution in [2.45, 2.75) is 6.61 Å². The number of halogens is 1. The molecule has 0 atom stereocenters. The summed E-state index contributed by atoms with van der Waals surface area (Å²) in [5.41, 5.74) is 2.12. The highest BCUT2D eigenvalue weighted by atomic mass is 79.9. The van der Waals surface area contributed by atoms with Crippen LogP contribution < -0.4 is 16.0 Å². The van der Waals surface area contributed by atoms with Gasteiger partial charge in [0.15, 0.2) is 5.76 Å². The van der Waals surface area contributed by atoms with Crippen molar-refractivity contribution < 1.29 is 18.9 Å². The van der Waals surface area contributed by atoms with Crippen LogP contribution in [0.25, 0.3) is 0 Å². The van der Waals surface area contributed by atoms with Crippen LogP contribution in [0.4, 0.5) is 5.69 Å². The van der Waals surface area contributed by atoms with Gasteiger partial charge < -0.3 is 9.15 Å². The Balaban J connectivity index is 2.17. The molecule has 2 aromatic rings. The third-order valence-corrected chi connectivity index (χ3v) is 3.26. The molecule has 0 bridgehead atoms. The number of nitrogens with zero attached hydrogens (tertiary/aromatic N) is 1. The largest absolute Gasteiger partial charge is 0.484 e. The topological polar surface area (TPSA) is 121 Å². The van der Waals surface area contributed by atoms with Gasteiger partial charge in [-0.3, -0.25) is 20.3 Å². The molecule has 0 saturated carbocycles. The molecule has 0 aliphatic carbocycles. The van der Waals surface area contributed by atoms with E-state index >= 15 is 0 Å². The lowest BCUT2D eigenvalue weighted by Crippen LogP contribution is -2.30. The number of ether oxygens (including phenoxy) is 1. The second kappa shape index (κ2) is 6.37. The molecule has 2 rings (SSSR count). The fourth-order valence-electron chi connectivity index (χ4n) is 1.59. The standard InChI is InChI=1S/C12H10BrN3O5/c13-9-2-1-7(16(18)19)5-10(9)21-6-11-8(3-4-20-11)12(17)15-14/h1-5H,6,14H2,(H,15,17). The molecule has 0 aliphatic rings. The van der Waals surface area contributed by atoms with Crippen LogP contribution in [-0.4, -0.2) is 10.8 Å². The summed E-state index contributed by atoms with van der Waals surface area (Å²) in [5.74, 6) is 5.06. The fraction of sp³-hybridized carbons (Fsp3) is 0.0833. The van der Waals surface area contributed by atoms with E-state index in [2.05, 4.69) is 15.9 Å².